The number of H-pyrrole nitrogens is 1. The highest BCUT2D eigenvalue weighted by molar-refractivity contribution is 7.20. The molecule has 0 radical (unpaired) electrons. The molecular weight excluding hydrogens is 436 g/mol. The van der Waals surface area contributed by atoms with Crippen LogP contribution in [0.1, 0.15) is 39.7 Å². The summed E-state index contributed by atoms with van der Waals surface area (Å²) < 4.78 is 18.7. The summed E-state index contributed by atoms with van der Waals surface area (Å²) in [4.78, 5) is 39.6. The molecular formula is C22H24N2O7S. The lowest BCUT2D eigenvalue weighted by molar-refractivity contribution is -0.0752. The summed E-state index contributed by atoms with van der Waals surface area (Å²) in [5, 5.41) is 9.73. The van der Waals surface area contributed by atoms with Crippen molar-refractivity contribution >= 4 is 27.5 Å². The molecule has 1 unspecified atom stereocenters. The SMILES string of the molecule is COc1ccccc1C(Cn1c(=O)[nH]c(=O)c2c(C)c(C(=O)O)sc21)OC1CCOCC1. The van der Waals surface area contributed by atoms with Crippen molar-refractivity contribution in [2.45, 2.75) is 38.5 Å². The predicted molar refractivity (Wildman–Crippen MR) is 119 cm³/mol. The van der Waals surface area contributed by atoms with Crippen LogP contribution in [0, 0.1) is 6.92 Å². The van der Waals surface area contributed by atoms with E-state index in [1.54, 1.807) is 14.0 Å². The number of aromatic amines is 1. The number of rotatable bonds is 7. The van der Waals surface area contributed by atoms with Crippen LogP contribution in [0.25, 0.3) is 10.2 Å². The molecule has 1 aliphatic heterocycles. The second kappa shape index (κ2) is 9.27. The normalized spacial score (nSPS) is 15.7. The summed E-state index contributed by atoms with van der Waals surface area (Å²) in [5.41, 5.74) is -0.107. The van der Waals surface area contributed by atoms with E-state index >= 15 is 0 Å². The van der Waals surface area contributed by atoms with Crippen molar-refractivity contribution in [1.82, 2.24) is 9.55 Å². The van der Waals surface area contributed by atoms with E-state index in [4.69, 9.17) is 14.2 Å². The number of nitrogens with one attached hydrogen (secondary N) is 1. The Morgan fingerprint density at radius 3 is 2.72 bits per heavy atom. The van der Waals surface area contributed by atoms with Crippen LogP contribution in [-0.4, -0.2) is 47.1 Å². The van der Waals surface area contributed by atoms with Gasteiger partial charge in [-0.15, -0.1) is 11.3 Å². The second-order valence-corrected chi connectivity index (χ2v) is 8.59. The zero-order valence-corrected chi connectivity index (χ0v) is 18.6. The van der Waals surface area contributed by atoms with Crippen molar-refractivity contribution in [1.29, 1.82) is 0 Å². The molecule has 1 aliphatic rings. The Kier molecular flexibility index (Phi) is 6.45. The van der Waals surface area contributed by atoms with E-state index in [1.165, 1.54) is 4.57 Å². The van der Waals surface area contributed by atoms with Crippen molar-refractivity contribution in [3.05, 3.63) is 61.1 Å². The van der Waals surface area contributed by atoms with Gasteiger partial charge < -0.3 is 19.3 Å². The number of aromatic nitrogens is 2. The van der Waals surface area contributed by atoms with E-state index in [1.807, 2.05) is 24.3 Å². The molecule has 2 N–H and O–H groups in total. The minimum absolute atomic E-state index is 0.0315. The number of benzene rings is 1. The van der Waals surface area contributed by atoms with Gasteiger partial charge in [-0.3, -0.25) is 14.3 Å². The molecule has 1 fully saturated rings. The molecule has 0 saturated carbocycles. The molecule has 2 aromatic heterocycles. The number of carboxylic acid groups (broad SMARTS) is 1. The lowest BCUT2D eigenvalue weighted by Crippen LogP contribution is -2.33. The van der Waals surface area contributed by atoms with E-state index < -0.39 is 23.3 Å². The summed E-state index contributed by atoms with van der Waals surface area (Å²) >= 11 is 0.917. The van der Waals surface area contributed by atoms with Crippen LogP contribution in [0.15, 0.2) is 33.9 Å². The maximum absolute atomic E-state index is 12.8. The Balaban J connectivity index is 1.83. The lowest BCUT2D eigenvalue weighted by atomic mass is 10.1. The number of hydrogen-bond acceptors (Lipinski definition) is 7. The molecule has 0 spiro atoms. The Labute approximate surface area is 187 Å². The van der Waals surface area contributed by atoms with E-state index in [9.17, 15) is 19.5 Å². The van der Waals surface area contributed by atoms with Gasteiger partial charge in [0.25, 0.3) is 5.56 Å². The number of fused-ring (bicyclic) bond motifs is 1. The van der Waals surface area contributed by atoms with Crippen LogP contribution in [0.2, 0.25) is 0 Å². The van der Waals surface area contributed by atoms with E-state index in [0.29, 0.717) is 29.4 Å². The van der Waals surface area contributed by atoms with Gasteiger partial charge in [0, 0.05) is 18.8 Å². The lowest BCUT2D eigenvalue weighted by Gasteiger charge is -2.29. The number of thiophene rings is 1. The van der Waals surface area contributed by atoms with Gasteiger partial charge in [-0.1, -0.05) is 18.2 Å². The van der Waals surface area contributed by atoms with Crippen molar-refractivity contribution in [3.63, 3.8) is 0 Å². The van der Waals surface area contributed by atoms with E-state index in [2.05, 4.69) is 4.98 Å². The molecule has 1 aromatic carbocycles. The van der Waals surface area contributed by atoms with Crippen LogP contribution < -0.4 is 16.0 Å². The first-order chi connectivity index (χ1) is 15.4. The van der Waals surface area contributed by atoms with Gasteiger partial charge in [-0.05, 0) is 31.4 Å². The van der Waals surface area contributed by atoms with Gasteiger partial charge in [0.2, 0.25) is 0 Å². The number of carbonyl (C=O) groups is 1. The smallest absolute Gasteiger partial charge is 0.346 e. The number of methoxy groups -OCH3 is 1. The first-order valence-corrected chi connectivity index (χ1v) is 11.1. The minimum Gasteiger partial charge on any atom is -0.496 e. The van der Waals surface area contributed by atoms with Gasteiger partial charge in [0.05, 0.1) is 25.1 Å². The maximum Gasteiger partial charge on any atom is 0.346 e. The van der Waals surface area contributed by atoms with Gasteiger partial charge >= 0.3 is 11.7 Å². The Morgan fingerprint density at radius 2 is 2.03 bits per heavy atom. The number of carboxylic acids is 1. The summed E-state index contributed by atoms with van der Waals surface area (Å²) in [6.07, 6.45) is 0.829. The number of ether oxygens (including phenoxy) is 3. The predicted octanol–water partition coefficient (Wildman–Crippen LogP) is 2.70. The number of hydrogen-bond donors (Lipinski definition) is 2. The first-order valence-electron chi connectivity index (χ1n) is 10.3. The van der Waals surface area contributed by atoms with Crippen molar-refractivity contribution < 1.29 is 24.1 Å². The second-order valence-electron chi connectivity index (χ2n) is 7.59. The standard InChI is InChI=1S/C22H24N2O7S/c1-12-17-19(25)23-22(28)24(20(17)32-18(12)21(26)27)11-16(31-13-7-9-30-10-8-13)14-5-3-4-6-15(14)29-2/h3-6,13,16H,7-11H2,1-2H3,(H,26,27)(H,23,25,28). The first kappa shape index (κ1) is 22.3. The van der Waals surface area contributed by atoms with Crippen LogP contribution in [0.5, 0.6) is 5.75 Å². The molecule has 3 aromatic rings. The highest BCUT2D eigenvalue weighted by Gasteiger charge is 2.27. The fourth-order valence-corrected chi connectivity index (χ4v) is 5.15. The summed E-state index contributed by atoms with van der Waals surface area (Å²) in [6.45, 7) is 2.85. The molecule has 1 saturated heterocycles. The topological polar surface area (TPSA) is 120 Å². The van der Waals surface area contributed by atoms with Crippen molar-refractivity contribution in [2.24, 2.45) is 0 Å². The Morgan fingerprint density at radius 1 is 1.31 bits per heavy atom. The third-order valence-electron chi connectivity index (χ3n) is 5.62. The summed E-state index contributed by atoms with van der Waals surface area (Å²) in [5.74, 6) is -0.520. The van der Waals surface area contributed by atoms with Crippen molar-refractivity contribution in [3.8, 4) is 5.75 Å². The Hall–Kier alpha value is -2.95. The third kappa shape index (κ3) is 4.21. The highest BCUT2D eigenvalue weighted by atomic mass is 32.1. The fourth-order valence-electron chi connectivity index (χ4n) is 4.00. The van der Waals surface area contributed by atoms with E-state index in [-0.39, 0.29) is 22.9 Å². The maximum atomic E-state index is 12.8. The monoisotopic (exact) mass is 460 g/mol. The molecule has 3 heterocycles. The molecule has 0 amide bonds. The quantitative estimate of drug-likeness (QED) is 0.556. The van der Waals surface area contributed by atoms with Crippen LogP contribution in [0.4, 0.5) is 0 Å². The molecule has 0 bridgehead atoms. The van der Waals surface area contributed by atoms with Crippen LogP contribution in [0.3, 0.4) is 0 Å². The molecule has 170 valence electrons. The fraction of sp³-hybridized carbons (Fsp3) is 0.409. The van der Waals surface area contributed by atoms with Gasteiger partial charge in [0.1, 0.15) is 21.6 Å². The van der Waals surface area contributed by atoms with Crippen LogP contribution >= 0.6 is 11.3 Å². The molecule has 9 nitrogen and oxygen atoms in total. The number of aromatic carboxylic acids is 1. The zero-order valence-electron chi connectivity index (χ0n) is 17.8. The average molecular weight is 461 g/mol. The minimum atomic E-state index is -1.14. The number of para-hydroxylation sites is 1. The van der Waals surface area contributed by atoms with Crippen molar-refractivity contribution in [2.75, 3.05) is 20.3 Å². The van der Waals surface area contributed by atoms with Crippen LogP contribution in [-0.2, 0) is 16.0 Å². The zero-order chi connectivity index (χ0) is 22.8. The molecule has 4 rings (SSSR count). The van der Waals surface area contributed by atoms with Gasteiger partial charge in [-0.25, -0.2) is 9.59 Å². The summed E-state index contributed by atoms with van der Waals surface area (Å²) in [6, 6.07) is 7.40. The molecule has 10 heteroatoms. The number of nitrogens with zero attached hydrogens (tertiary/aromatic N) is 1. The number of aryl methyl sites for hydroxylation is 1. The Bertz CT molecular complexity index is 1250. The summed E-state index contributed by atoms with van der Waals surface area (Å²) in [7, 11) is 1.57. The molecule has 1 atom stereocenters. The average Bonchev–Trinajstić information content (AvgIpc) is 3.14. The third-order valence-corrected chi connectivity index (χ3v) is 6.92. The molecule has 32 heavy (non-hydrogen) atoms. The van der Waals surface area contributed by atoms with Gasteiger partial charge in [0.15, 0.2) is 0 Å². The van der Waals surface area contributed by atoms with E-state index in [0.717, 1.165) is 29.7 Å². The van der Waals surface area contributed by atoms with Gasteiger partial charge in [-0.2, -0.15) is 0 Å². The molecule has 0 aliphatic carbocycles. The highest BCUT2D eigenvalue weighted by Crippen LogP contribution is 2.33. The largest absolute Gasteiger partial charge is 0.496 e.